The van der Waals surface area contributed by atoms with Crippen LogP contribution >= 0.6 is 11.6 Å². The molecule has 3 aliphatic heterocycles. The van der Waals surface area contributed by atoms with E-state index in [-0.39, 0.29) is 40.5 Å². The van der Waals surface area contributed by atoms with Crippen LogP contribution in [-0.2, 0) is 31.0 Å². The second kappa shape index (κ2) is 13.8. The fraction of sp³-hybridized carbons (Fsp3) is 0.605. The zero-order chi connectivity index (χ0) is 34.5. The molecule has 1 N–H and O–H groups in total. The second-order valence-electron chi connectivity index (χ2n) is 15.4. The topological polar surface area (TPSA) is 93.2 Å². The van der Waals surface area contributed by atoms with Crippen molar-refractivity contribution in [2.45, 2.75) is 75.4 Å². The number of aromatic nitrogens is 1. The maximum Gasteiger partial charge on any atom is 0.281 e. The third kappa shape index (κ3) is 6.88. The molecule has 11 heteroatoms. The van der Waals surface area contributed by atoms with E-state index < -0.39 is 15.6 Å². The van der Waals surface area contributed by atoms with E-state index >= 15 is 0 Å². The van der Waals surface area contributed by atoms with E-state index in [1.54, 1.807) is 6.07 Å². The highest BCUT2D eigenvalue weighted by Crippen LogP contribution is 2.48. The maximum absolute atomic E-state index is 13.9. The van der Waals surface area contributed by atoms with Gasteiger partial charge in [-0.15, -0.1) is 0 Å². The number of pyridine rings is 1. The molecule has 2 aliphatic carbocycles. The molecule has 4 heterocycles. The smallest absolute Gasteiger partial charge is 0.281 e. The first kappa shape index (κ1) is 34.8. The van der Waals surface area contributed by atoms with E-state index in [1.165, 1.54) is 11.1 Å². The average molecular weight is 711 g/mol. The molecule has 2 aromatic rings. The zero-order valence-corrected chi connectivity index (χ0v) is 30.8. The molecule has 49 heavy (non-hydrogen) atoms. The van der Waals surface area contributed by atoms with E-state index in [0.29, 0.717) is 56.2 Å². The molecule has 1 saturated carbocycles. The Morgan fingerprint density at radius 3 is 2.67 bits per heavy atom. The van der Waals surface area contributed by atoms with Crippen LogP contribution in [0.25, 0.3) is 0 Å². The van der Waals surface area contributed by atoms with Crippen molar-refractivity contribution in [3.63, 3.8) is 0 Å². The minimum atomic E-state index is -2.98. The van der Waals surface area contributed by atoms with Gasteiger partial charge in [0.15, 0.2) is 17.9 Å². The minimum Gasteiger partial charge on any atom is -0.489 e. The molecule has 1 unspecified atom stereocenters. The number of likely N-dealkylation sites (N-methyl/N-ethyl adjacent to an activating group) is 1. The lowest BCUT2D eigenvalue weighted by Crippen LogP contribution is -2.52. The van der Waals surface area contributed by atoms with Crippen molar-refractivity contribution >= 4 is 38.9 Å². The molecule has 7 atom stereocenters. The highest BCUT2D eigenvalue weighted by atomic mass is 35.5. The minimum absolute atomic E-state index is 0.0203. The second-order valence-corrected chi connectivity index (χ2v) is 18.2. The van der Waals surface area contributed by atoms with Crippen molar-refractivity contribution < 1.29 is 23.2 Å². The molecule has 2 fully saturated rings. The highest BCUT2D eigenvalue weighted by Gasteiger charge is 2.46. The average Bonchev–Trinajstić information content (AvgIpc) is 3.21. The van der Waals surface area contributed by atoms with Gasteiger partial charge in [-0.05, 0) is 119 Å². The Balaban J connectivity index is 1.28. The molecule has 9 nitrogen and oxygen atoms in total. The van der Waals surface area contributed by atoms with E-state index in [2.05, 4.69) is 65.7 Å². The van der Waals surface area contributed by atoms with Crippen LogP contribution in [0.15, 0.2) is 42.5 Å². The summed E-state index contributed by atoms with van der Waals surface area (Å²) in [5.41, 5.74) is 2.51. The van der Waals surface area contributed by atoms with Crippen LogP contribution in [0.3, 0.4) is 0 Å². The Hall–Kier alpha value is -2.63. The molecule has 1 amide bonds. The predicted octanol–water partition coefficient (Wildman–Crippen LogP) is 5.50. The molecule has 1 aromatic carbocycles. The van der Waals surface area contributed by atoms with Crippen LogP contribution in [0, 0.1) is 23.7 Å². The molecule has 1 spiro atoms. The van der Waals surface area contributed by atoms with E-state index in [4.69, 9.17) is 30.8 Å². The van der Waals surface area contributed by atoms with Gasteiger partial charge in [0, 0.05) is 34.7 Å². The predicted molar refractivity (Wildman–Crippen MR) is 196 cm³/mol. The van der Waals surface area contributed by atoms with Gasteiger partial charge in [0.05, 0.1) is 35.6 Å². The summed E-state index contributed by atoms with van der Waals surface area (Å²) >= 11 is 6.47. The zero-order valence-electron chi connectivity index (χ0n) is 29.2. The van der Waals surface area contributed by atoms with E-state index in [9.17, 15) is 9.00 Å². The third-order valence-corrected chi connectivity index (χ3v) is 14.5. The number of rotatable bonds is 2. The third-order valence-electron chi connectivity index (χ3n) is 12.0. The first-order valence-electron chi connectivity index (χ1n) is 17.9. The molecule has 1 saturated heterocycles. The van der Waals surface area contributed by atoms with E-state index in [0.717, 1.165) is 43.7 Å². The number of ether oxygens (including phenoxy) is 3. The first-order valence-corrected chi connectivity index (χ1v) is 20.0. The largest absolute Gasteiger partial charge is 0.489 e. The summed E-state index contributed by atoms with van der Waals surface area (Å²) < 4.78 is 36.2. The number of hydrogen-bond donors (Lipinski definition) is 1. The number of fused-ring (bicyclic) bond motifs is 4. The number of carbonyl (C=O) groups is 1. The van der Waals surface area contributed by atoms with Crippen molar-refractivity contribution in [3.05, 3.63) is 64.3 Å². The lowest BCUT2D eigenvalue weighted by atomic mass is 9.65. The number of allylic oxidation sites excluding steroid dienone is 1. The standard InChI is InChI=1S/C38H51ClN4O5S/c1-24-8-6-10-31(37-46-20-29(21-47-37)42(3)4)30-13-11-27(30)19-43-22-38(17-7-9-26-18-28(39)12-14-32(26)38)23-48-34-16-15-33(40-35(34)43)36(44)41-49(5,45)25(24)2/h6,10,12,14-16,18,24-25,27,29-31,37H,5,7-9,11,13,17,19-23H2,1-4H3,(H,41,44,45)/b10-6+/t24-,25+,27-,29?,30+,31-,37?,38-,49?/m0/s1. The monoisotopic (exact) mass is 710 g/mol. The van der Waals surface area contributed by atoms with Gasteiger partial charge in [-0.2, -0.15) is 0 Å². The van der Waals surface area contributed by atoms with Gasteiger partial charge < -0.3 is 24.0 Å². The van der Waals surface area contributed by atoms with Crippen LogP contribution in [0.1, 0.15) is 67.6 Å². The van der Waals surface area contributed by atoms with Crippen LogP contribution in [-0.4, -0.2) is 90.5 Å². The van der Waals surface area contributed by atoms with Gasteiger partial charge in [0.2, 0.25) is 0 Å². The number of benzene rings is 1. The quantitative estimate of drug-likeness (QED) is 0.323. The van der Waals surface area contributed by atoms with Crippen molar-refractivity contribution in [2.24, 2.45) is 23.7 Å². The molecular formula is C38H51ClN4O5S. The van der Waals surface area contributed by atoms with Crippen molar-refractivity contribution in [1.82, 2.24) is 14.6 Å². The number of anilines is 1. The molecule has 266 valence electrons. The molecule has 1 aromatic heterocycles. The molecule has 7 rings (SSSR count). The summed E-state index contributed by atoms with van der Waals surface area (Å²) in [6.45, 7) is 7.21. The van der Waals surface area contributed by atoms with Crippen molar-refractivity contribution in [2.75, 3.05) is 51.9 Å². The fourth-order valence-electron chi connectivity index (χ4n) is 8.50. The van der Waals surface area contributed by atoms with Crippen molar-refractivity contribution in [3.8, 4) is 5.75 Å². The summed E-state index contributed by atoms with van der Waals surface area (Å²) in [6, 6.07) is 10.0. The summed E-state index contributed by atoms with van der Waals surface area (Å²) in [5.74, 6) is 5.66. The molecule has 0 radical (unpaired) electrons. The number of aryl methyl sites for hydroxylation is 1. The molecule has 5 aliphatic rings. The fourth-order valence-corrected chi connectivity index (χ4v) is 10.2. The van der Waals surface area contributed by atoms with Gasteiger partial charge in [-0.3, -0.25) is 9.52 Å². The number of nitrogens with zero attached hydrogens (tertiary/aromatic N) is 3. The number of nitrogens with one attached hydrogen (secondary N) is 1. The summed E-state index contributed by atoms with van der Waals surface area (Å²) in [4.78, 5) is 23.1. The lowest BCUT2D eigenvalue weighted by Gasteiger charge is -2.48. The van der Waals surface area contributed by atoms with Gasteiger partial charge in [-0.25, -0.2) is 9.19 Å². The van der Waals surface area contributed by atoms with Crippen LogP contribution < -0.4 is 14.4 Å². The number of amides is 1. The Bertz CT molecular complexity index is 1690. The van der Waals surface area contributed by atoms with Gasteiger partial charge in [-0.1, -0.05) is 36.7 Å². The maximum atomic E-state index is 13.9. The van der Waals surface area contributed by atoms with Crippen LogP contribution in [0.4, 0.5) is 5.82 Å². The Morgan fingerprint density at radius 2 is 1.94 bits per heavy atom. The molecule has 2 bridgehead atoms. The summed E-state index contributed by atoms with van der Waals surface area (Å²) in [6.07, 6.45) is 10.1. The number of carbonyl (C=O) groups excluding carboxylic acids is 1. The number of hydrogen-bond acceptors (Lipinski definition) is 8. The van der Waals surface area contributed by atoms with Gasteiger partial charge in [0.1, 0.15) is 5.69 Å². The first-order chi connectivity index (χ1) is 23.4. The highest BCUT2D eigenvalue weighted by molar-refractivity contribution is 7.99. The Kier molecular flexibility index (Phi) is 9.82. The van der Waals surface area contributed by atoms with Crippen molar-refractivity contribution in [1.29, 1.82) is 0 Å². The lowest BCUT2D eigenvalue weighted by molar-refractivity contribution is -0.230. The van der Waals surface area contributed by atoms with E-state index in [1.807, 2.05) is 19.1 Å². The normalized spacial score (nSPS) is 37.2. The van der Waals surface area contributed by atoms with Crippen LogP contribution in [0.2, 0.25) is 5.02 Å². The SMILES string of the molecule is C=S1(=O)NC(=O)c2ccc3c(n2)N(C[C@@H]2CC[C@H]2[C@@H](C2OCC(N(C)C)CO2)/C=C/C[C@H](C)[C@H]1C)C[C@@]1(CCCc2cc(Cl)ccc21)CO3. The van der Waals surface area contributed by atoms with Crippen LogP contribution in [0.5, 0.6) is 5.75 Å². The Labute approximate surface area is 296 Å². The summed E-state index contributed by atoms with van der Waals surface area (Å²) in [5, 5.41) is 0.398. The van der Waals surface area contributed by atoms with Gasteiger partial charge in [0.25, 0.3) is 5.91 Å². The van der Waals surface area contributed by atoms with Gasteiger partial charge >= 0.3 is 0 Å². The Morgan fingerprint density at radius 1 is 1.14 bits per heavy atom. The summed E-state index contributed by atoms with van der Waals surface area (Å²) in [7, 11) is 1.15. The molecular weight excluding hydrogens is 660 g/mol. The number of halogens is 1.